The predicted octanol–water partition coefficient (Wildman–Crippen LogP) is 3.23. The van der Waals surface area contributed by atoms with Crippen LogP contribution in [0.4, 0.5) is 0 Å². The van der Waals surface area contributed by atoms with Gasteiger partial charge < -0.3 is 10.2 Å². The molecule has 5 rings (SSSR count). The number of nitrogens with zero attached hydrogens (tertiary/aromatic N) is 3. The van der Waals surface area contributed by atoms with Crippen molar-refractivity contribution in [3.63, 3.8) is 0 Å². The summed E-state index contributed by atoms with van der Waals surface area (Å²) >= 11 is 0. The summed E-state index contributed by atoms with van der Waals surface area (Å²) < 4.78 is 1.66. The van der Waals surface area contributed by atoms with Gasteiger partial charge in [-0.1, -0.05) is 12.1 Å². The minimum Gasteiger partial charge on any atom is -0.396 e. The average Bonchev–Trinajstić information content (AvgIpc) is 3.34. The molecule has 0 aromatic carbocycles. The van der Waals surface area contributed by atoms with Gasteiger partial charge in [0, 0.05) is 18.7 Å². The number of aliphatic hydroxyl groups excluding tert-OH is 1. The molecule has 0 bridgehead atoms. The molecular formula is C24H37N3O3. The van der Waals surface area contributed by atoms with E-state index in [0.717, 1.165) is 51.4 Å². The normalized spacial score (nSPS) is 47.9. The van der Waals surface area contributed by atoms with E-state index < -0.39 is 5.60 Å². The summed E-state index contributed by atoms with van der Waals surface area (Å²) in [6.07, 6.45) is 12.6. The number of Topliss-reactive ketones (excluding diaryl/α,β-unsaturated/α-hetero) is 1. The quantitative estimate of drug-likeness (QED) is 0.788. The summed E-state index contributed by atoms with van der Waals surface area (Å²) in [6, 6.07) is 0. The van der Waals surface area contributed by atoms with Crippen LogP contribution in [0.2, 0.25) is 0 Å². The van der Waals surface area contributed by atoms with Gasteiger partial charge in [-0.05, 0) is 99.2 Å². The van der Waals surface area contributed by atoms with Crippen LogP contribution in [0, 0.1) is 40.4 Å². The Labute approximate surface area is 179 Å². The van der Waals surface area contributed by atoms with Crippen LogP contribution in [0.5, 0.6) is 0 Å². The molecule has 0 aliphatic heterocycles. The van der Waals surface area contributed by atoms with Gasteiger partial charge in [-0.2, -0.15) is 0 Å². The molecule has 1 aromatic rings. The molecule has 1 unspecified atom stereocenters. The molecule has 1 aromatic heterocycles. The molecule has 0 spiro atoms. The highest BCUT2D eigenvalue weighted by Gasteiger charge is 2.62. The number of aromatic nitrogens is 3. The molecular weight excluding hydrogens is 378 g/mol. The number of rotatable bonds is 4. The van der Waals surface area contributed by atoms with Gasteiger partial charge in [0.2, 0.25) is 0 Å². The van der Waals surface area contributed by atoms with Crippen molar-refractivity contribution in [2.75, 3.05) is 6.61 Å². The fourth-order valence-electron chi connectivity index (χ4n) is 8.66. The Morgan fingerprint density at radius 2 is 1.93 bits per heavy atom. The van der Waals surface area contributed by atoms with E-state index in [1.807, 2.05) is 6.92 Å². The van der Waals surface area contributed by atoms with Gasteiger partial charge in [0.05, 0.1) is 11.8 Å². The average molecular weight is 416 g/mol. The van der Waals surface area contributed by atoms with Gasteiger partial charge in [0.1, 0.15) is 6.54 Å². The highest BCUT2D eigenvalue weighted by Crippen LogP contribution is 2.68. The van der Waals surface area contributed by atoms with Crippen LogP contribution in [0.25, 0.3) is 0 Å². The van der Waals surface area contributed by atoms with Crippen LogP contribution in [0.15, 0.2) is 12.4 Å². The van der Waals surface area contributed by atoms with Gasteiger partial charge >= 0.3 is 0 Å². The number of carbonyl (C=O) groups is 1. The first kappa shape index (κ1) is 20.6. The Kier molecular flexibility index (Phi) is 4.90. The minimum absolute atomic E-state index is 0.0185. The number of fused-ring (bicyclic) bond motifs is 5. The summed E-state index contributed by atoms with van der Waals surface area (Å²) in [6.45, 7) is 4.93. The van der Waals surface area contributed by atoms with Crippen LogP contribution < -0.4 is 0 Å². The van der Waals surface area contributed by atoms with E-state index in [0.29, 0.717) is 36.0 Å². The number of hydrogen-bond acceptors (Lipinski definition) is 5. The molecule has 4 saturated carbocycles. The fourth-order valence-corrected chi connectivity index (χ4v) is 8.66. The lowest BCUT2D eigenvalue weighted by Crippen LogP contribution is -2.58. The minimum atomic E-state index is -0.578. The highest BCUT2D eigenvalue weighted by atomic mass is 16.3. The first-order valence-electron chi connectivity index (χ1n) is 12.0. The maximum absolute atomic E-state index is 13.2. The van der Waals surface area contributed by atoms with Gasteiger partial charge in [-0.25, -0.2) is 4.68 Å². The molecule has 0 amide bonds. The predicted molar refractivity (Wildman–Crippen MR) is 112 cm³/mol. The molecule has 8 atom stereocenters. The van der Waals surface area contributed by atoms with E-state index in [9.17, 15) is 15.0 Å². The molecule has 166 valence electrons. The number of ketones is 1. The fraction of sp³-hybridized carbons (Fsp3) is 0.875. The molecule has 30 heavy (non-hydrogen) atoms. The molecule has 6 heteroatoms. The third-order valence-electron chi connectivity index (χ3n) is 10.1. The SMILES string of the molecule is C[C@@]1(O)CC[C@]2(CO)C3CC[C@]4(C)[C@@H](C(=O)Cn5ccnn5)CC[C@H]4[C@@H]3CC[C@H]2C1. The lowest BCUT2D eigenvalue weighted by Gasteiger charge is -2.62. The molecule has 4 aliphatic carbocycles. The van der Waals surface area contributed by atoms with Crippen molar-refractivity contribution in [2.45, 2.75) is 83.8 Å². The number of aliphatic hydroxyl groups is 2. The van der Waals surface area contributed by atoms with E-state index >= 15 is 0 Å². The Bertz CT molecular complexity index is 794. The second-order valence-corrected chi connectivity index (χ2v) is 11.5. The third-order valence-corrected chi connectivity index (χ3v) is 10.1. The van der Waals surface area contributed by atoms with Crippen molar-refractivity contribution < 1.29 is 15.0 Å². The number of carbonyl (C=O) groups excluding carboxylic acids is 1. The van der Waals surface area contributed by atoms with E-state index in [4.69, 9.17) is 0 Å². The molecule has 0 saturated heterocycles. The van der Waals surface area contributed by atoms with Crippen molar-refractivity contribution in [3.05, 3.63) is 12.4 Å². The zero-order valence-electron chi connectivity index (χ0n) is 18.5. The Hall–Kier alpha value is -1.27. The van der Waals surface area contributed by atoms with Crippen LogP contribution in [0.1, 0.15) is 71.6 Å². The Balaban J connectivity index is 1.38. The standard InChI is InChI=1S/C24H37N3O3/c1-22(30)9-10-24(15-28)16(13-22)3-4-17-18-5-6-20(23(18,2)8-7-19(17)24)21(29)14-27-12-11-25-26-27/h11-12,16-20,28,30H,3-10,13-15H2,1-2H3/t16-,17-,18-,19?,20+,22+,23-,24+/m0/s1. The van der Waals surface area contributed by atoms with Crippen molar-refractivity contribution >= 4 is 5.78 Å². The monoisotopic (exact) mass is 415 g/mol. The van der Waals surface area contributed by atoms with Crippen LogP contribution in [0.3, 0.4) is 0 Å². The second kappa shape index (κ2) is 7.13. The van der Waals surface area contributed by atoms with Gasteiger partial charge in [-0.15, -0.1) is 5.10 Å². The van der Waals surface area contributed by atoms with E-state index in [-0.39, 0.29) is 23.4 Å². The summed E-state index contributed by atoms with van der Waals surface area (Å²) in [5.41, 5.74) is -0.524. The van der Waals surface area contributed by atoms with E-state index in [1.165, 1.54) is 6.42 Å². The van der Waals surface area contributed by atoms with E-state index in [2.05, 4.69) is 17.2 Å². The zero-order valence-corrected chi connectivity index (χ0v) is 18.5. The number of hydrogen-bond donors (Lipinski definition) is 2. The topological polar surface area (TPSA) is 88.2 Å². The lowest BCUT2D eigenvalue weighted by atomic mass is 9.43. The molecule has 4 aliphatic rings. The van der Waals surface area contributed by atoms with Crippen LogP contribution in [-0.2, 0) is 11.3 Å². The maximum Gasteiger partial charge on any atom is 0.157 e. The zero-order chi connectivity index (χ0) is 21.1. The smallest absolute Gasteiger partial charge is 0.157 e. The first-order chi connectivity index (χ1) is 14.3. The Morgan fingerprint density at radius 1 is 1.10 bits per heavy atom. The highest BCUT2D eigenvalue weighted by molar-refractivity contribution is 5.82. The van der Waals surface area contributed by atoms with Crippen molar-refractivity contribution in [1.29, 1.82) is 0 Å². The molecule has 0 radical (unpaired) electrons. The van der Waals surface area contributed by atoms with Crippen molar-refractivity contribution in [2.24, 2.45) is 40.4 Å². The van der Waals surface area contributed by atoms with Crippen LogP contribution >= 0.6 is 0 Å². The second-order valence-electron chi connectivity index (χ2n) is 11.5. The summed E-state index contributed by atoms with van der Waals surface area (Å²) in [7, 11) is 0. The van der Waals surface area contributed by atoms with Gasteiger partial charge in [0.15, 0.2) is 5.78 Å². The molecule has 6 nitrogen and oxygen atoms in total. The summed E-state index contributed by atoms with van der Waals surface area (Å²) in [5, 5.41) is 29.1. The maximum atomic E-state index is 13.2. The van der Waals surface area contributed by atoms with Crippen LogP contribution in [-0.4, -0.2) is 43.2 Å². The molecule has 4 fully saturated rings. The van der Waals surface area contributed by atoms with Gasteiger partial charge in [-0.3, -0.25) is 4.79 Å². The van der Waals surface area contributed by atoms with Crippen molar-refractivity contribution in [1.82, 2.24) is 15.0 Å². The lowest BCUT2D eigenvalue weighted by molar-refractivity contribution is -0.171. The third kappa shape index (κ3) is 3.01. The molecule has 1 heterocycles. The first-order valence-corrected chi connectivity index (χ1v) is 12.0. The van der Waals surface area contributed by atoms with Gasteiger partial charge in [0.25, 0.3) is 0 Å². The summed E-state index contributed by atoms with van der Waals surface area (Å²) in [4.78, 5) is 13.2. The molecule has 2 N–H and O–H groups in total. The van der Waals surface area contributed by atoms with Crippen molar-refractivity contribution in [3.8, 4) is 0 Å². The summed E-state index contributed by atoms with van der Waals surface area (Å²) in [5.74, 6) is 2.58. The largest absolute Gasteiger partial charge is 0.396 e. The Morgan fingerprint density at radius 3 is 2.67 bits per heavy atom. The van der Waals surface area contributed by atoms with E-state index in [1.54, 1.807) is 17.1 Å².